The summed E-state index contributed by atoms with van der Waals surface area (Å²) in [5, 5.41) is 0. The van der Waals surface area contributed by atoms with Crippen molar-refractivity contribution in [1.29, 1.82) is 0 Å². The molecule has 0 aromatic rings. The van der Waals surface area contributed by atoms with Crippen LogP contribution in [0, 0.1) is 0 Å². The molecule has 0 aliphatic carbocycles. The molecule has 0 heterocycles. The maximum absolute atomic E-state index is 3.88. The lowest BCUT2D eigenvalue weighted by molar-refractivity contribution is 0.238. The summed E-state index contributed by atoms with van der Waals surface area (Å²) in [7, 11) is -1.43. The molecule has 0 atom stereocenters. The molecule has 0 radical (unpaired) electrons. The highest BCUT2D eigenvalue weighted by molar-refractivity contribution is 6.75. The van der Waals surface area contributed by atoms with Gasteiger partial charge in [-0.1, -0.05) is 31.3 Å². The molecule has 0 N–H and O–H groups in total. The van der Waals surface area contributed by atoms with E-state index in [0.29, 0.717) is 0 Å². The van der Waals surface area contributed by atoms with Crippen molar-refractivity contribution >= 4 is 8.24 Å². The Morgan fingerprint density at radius 1 is 1.06 bits per heavy atom. The van der Waals surface area contributed by atoms with Crippen LogP contribution in [-0.2, 0) is 0 Å². The minimum Gasteiger partial charge on any atom is -0.315 e. The van der Waals surface area contributed by atoms with Crippen LogP contribution in [0.4, 0.5) is 0 Å². The van der Waals surface area contributed by atoms with Gasteiger partial charge in [0.05, 0.1) is 0 Å². The normalized spacial score (nSPS) is 12.6. The zero-order valence-corrected chi connectivity index (χ0v) is 12.4. The Morgan fingerprint density at radius 2 is 1.62 bits per heavy atom. The first-order valence-electron chi connectivity index (χ1n) is 5.92. The van der Waals surface area contributed by atoms with Gasteiger partial charge >= 0.3 is 0 Å². The fourth-order valence-electron chi connectivity index (χ4n) is 2.37. The molecular formula is C14H27NSi. The van der Waals surface area contributed by atoms with Crippen LogP contribution in [0.15, 0.2) is 38.0 Å². The Hall–Kier alpha value is -0.603. The summed E-state index contributed by atoms with van der Waals surface area (Å²) >= 11 is 0. The number of rotatable bonds is 8. The average Bonchev–Trinajstić information content (AvgIpc) is 2.13. The Balaban J connectivity index is 5.03. The molecule has 2 heteroatoms. The number of hydrogen-bond acceptors (Lipinski definition) is 1. The van der Waals surface area contributed by atoms with E-state index in [4.69, 9.17) is 0 Å². The van der Waals surface area contributed by atoms with Crippen molar-refractivity contribution in [1.82, 2.24) is 4.57 Å². The van der Waals surface area contributed by atoms with E-state index in [1.807, 2.05) is 18.2 Å². The monoisotopic (exact) mass is 237 g/mol. The molecule has 0 fully saturated rings. The third-order valence-corrected chi connectivity index (χ3v) is 6.60. The van der Waals surface area contributed by atoms with E-state index in [0.717, 1.165) is 19.0 Å². The molecule has 0 spiro atoms. The molecule has 0 saturated heterocycles. The van der Waals surface area contributed by atoms with Crippen LogP contribution >= 0.6 is 0 Å². The predicted molar refractivity (Wildman–Crippen MR) is 78.3 cm³/mol. The SMILES string of the molecule is C=CCN(C(C)(C)CC=C)[Si](C)(C)CC=C. The fraction of sp³-hybridized carbons (Fsp3) is 0.571. The minimum absolute atomic E-state index is 0.161. The first-order valence-corrected chi connectivity index (χ1v) is 9.07. The maximum Gasteiger partial charge on any atom is 0.126 e. The Morgan fingerprint density at radius 3 is 2.00 bits per heavy atom. The predicted octanol–water partition coefficient (Wildman–Crippen LogP) is 4.22. The molecule has 0 aromatic carbocycles. The van der Waals surface area contributed by atoms with Crippen molar-refractivity contribution in [3.8, 4) is 0 Å². The van der Waals surface area contributed by atoms with Gasteiger partial charge in [0.25, 0.3) is 0 Å². The second-order valence-electron chi connectivity index (χ2n) is 5.51. The molecule has 0 bridgehead atoms. The zero-order chi connectivity index (χ0) is 12.8. The van der Waals surface area contributed by atoms with Crippen LogP contribution in [0.3, 0.4) is 0 Å². The molecule has 0 rings (SSSR count). The molecule has 0 aromatic heterocycles. The van der Waals surface area contributed by atoms with Gasteiger partial charge in [-0.05, 0) is 26.3 Å². The van der Waals surface area contributed by atoms with Gasteiger partial charge in [0.15, 0.2) is 0 Å². The van der Waals surface area contributed by atoms with E-state index in [2.05, 4.69) is 51.2 Å². The van der Waals surface area contributed by atoms with Gasteiger partial charge in [-0.25, -0.2) is 0 Å². The summed E-state index contributed by atoms with van der Waals surface area (Å²) in [6, 6.07) is 1.11. The summed E-state index contributed by atoms with van der Waals surface area (Å²) < 4.78 is 2.61. The lowest BCUT2D eigenvalue weighted by atomic mass is 10.0. The van der Waals surface area contributed by atoms with Crippen molar-refractivity contribution in [3.05, 3.63) is 38.0 Å². The van der Waals surface area contributed by atoms with Crippen LogP contribution in [0.1, 0.15) is 20.3 Å². The van der Waals surface area contributed by atoms with Gasteiger partial charge in [0.2, 0.25) is 0 Å². The first-order chi connectivity index (χ1) is 7.31. The number of nitrogens with zero attached hydrogens (tertiary/aromatic N) is 1. The van der Waals surface area contributed by atoms with Crippen LogP contribution in [-0.4, -0.2) is 24.9 Å². The molecule has 92 valence electrons. The molecule has 16 heavy (non-hydrogen) atoms. The van der Waals surface area contributed by atoms with Crippen LogP contribution in [0.5, 0.6) is 0 Å². The van der Waals surface area contributed by atoms with Crippen molar-refractivity contribution in [2.24, 2.45) is 0 Å². The summed E-state index contributed by atoms with van der Waals surface area (Å²) in [6.45, 7) is 21.9. The quantitative estimate of drug-likeness (QED) is 0.451. The molecule has 0 saturated carbocycles. The second kappa shape index (κ2) is 6.21. The van der Waals surface area contributed by atoms with E-state index in [1.165, 1.54) is 0 Å². The average molecular weight is 237 g/mol. The lowest BCUT2D eigenvalue weighted by Crippen LogP contribution is -2.58. The van der Waals surface area contributed by atoms with E-state index in [9.17, 15) is 0 Å². The van der Waals surface area contributed by atoms with Crippen molar-refractivity contribution in [2.75, 3.05) is 6.54 Å². The smallest absolute Gasteiger partial charge is 0.126 e. The zero-order valence-electron chi connectivity index (χ0n) is 11.4. The fourth-order valence-corrected chi connectivity index (χ4v) is 5.65. The minimum atomic E-state index is -1.43. The van der Waals surface area contributed by atoms with Gasteiger partial charge in [-0.2, -0.15) is 0 Å². The van der Waals surface area contributed by atoms with Crippen molar-refractivity contribution in [3.63, 3.8) is 0 Å². The van der Waals surface area contributed by atoms with E-state index >= 15 is 0 Å². The maximum atomic E-state index is 3.88. The van der Waals surface area contributed by atoms with Gasteiger partial charge in [-0.3, -0.25) is 0 Å². The molecule has 1 nitrogen and oxygen atoms in total. The molecule has 0 aliphatic heterocycles. The highest BCUT2D eigenvalue weighted by Crippen LogP contribution is 2.28. The number of hydrogen-bond donors (Lipinski definition) is 0. The highest BCUT2D eigenvalue weighted by Gasteiger charge is 2.36. The highest BCUT2D eigenvalue weighted by atomic mass is 28.3. The number of allylic oxidation sites excluding steroid dienone is 1. The molecular weight excluding hydrogens is 210 g/mol. The standard InChI is InChI=1S/C14H27NSi/c1-8-11-14(4,5)15(12-9-2)16(6,7)13-10-3/h8-10H,1-3,11-13H2,4-7H3. The molecule has 0 aliphatic rings. The van der Waals surface area contributed by atoms with Crippen LogP contribution < -0.4 is 0 Å². The summed E-state index contributed by atoms with van der Waals surface area (Å²) in [5.74, 6) is 0. The third kappa shape index (κ3) is 4.10. The lowest BCUT2D eigenvalue weighted by Gasteiger charge is -2.47. The Bertz CT molecular complexity index is 231. The molecule has 0 amide bonds. The van der Waals surface area contributed by atoms with Gasteiger partial charge in [0.1, 0.15) is 8.24 Å². The van der Waals surface area contributed by atoms with Gasteiger partial charge in [0, 0.05) is 12.1 Å². The van der Waals surface area contributed by atoms with E-state index in [-0.39, 0.29) is 5.54 Å². The van der Waals surface area contributed by atoms with E-state index < -0.39 is 8.24 Å². The van der Waals surface area contributed by atoms with Crippen molar-refractivity contribution < 1.29 is 0 Å². The largest absolute Gasteiger partial charge is 0.315 e. The summed E-state index contributed by atoms with van der Waals surface area (Å²) in [6.07, 6.45) is 7.07. The van der Waals surface area contributed by atoms with E-state index in [1.54, 1.807) is 0 Å². The Labute approximate surface area is 103 Å². The summed E-state index contributed by atoms with van der Waals surface area (Å²) in [4.78, 5) is 0. The van der Waals surface area contributed by atoms with Crippen LogP contribution in [0.2, 0.25) is 19.1 Å². The van der Waals surface area contributed by atoms with Gasteiger partial charge < -0.3 is 4.57 Å². The third-order valence-electron chi connectivity index (χ3n) is 3.06. The topological polar surface area (TPSA) is 3.24 Å². The second-order valence-corrected chi connectivity index (χ2v) is 10.1. The summed E-state index contributed by atoms with van der Waals surface area (Å²) in [5.41, 5.74) is 0.161. The van der Waals surface area contributed by atoms with Gasteiger partial charge in [-0.15, -0.1) is 19.7 Å². The Kier molecular flexibility index (Phi) is 5.98. The molecule has 0 unspecified atom stereocenters. The van der Waals surface area contributed by atoms with Crippen molar-refractivity contribution in [2.45, 2.75) is 44.9 Å². The van der Waals surface area contributed by atoms with Crippen LogP contribution in [0.25, 0.3) is 0 Å². The first kappa shape index (κ1) is 15.4.